The number of nitrogens with one attached hydrogen (secondary N) is 1. The summed E-state index contributed by atoms with van der Waals surface area (Å²) in [7, 11) is 0. The van der Waals surface area contributed by atoms with Gasteiger partial charge in [0.2, 0.25) is 5.91 Å². The molecule has 0 fully saturated rings. The van der Waals surface area contributed by atoms with E-state index < -0.39 is 0 Å². The first-order chi connectivity index (χ1) is 12.8. The molecule has 0 spiro atoms. The number of carbonyl (C=O) groups is 1. The van der Waals surface area contributed by atoms with Crippen molar-refractivity contribution in [2.75, 3.05) is 5.32 Å². The molecule has 0 aliphatic carbocycles. The molecule has 0 unspecified atom stereocenters. The summed E-state index contributed by atoms with van der Waals surface area (Å²) in [6, 6.07) is 7.10. The minimum atomic E-state index is -0.125. The molecule has 0 aliphatic heterocycles. The summed E-state index contributed by atoms with van der Waals surface area (Å²) in [5, 5.41) is 12.7. The zero-order chi connectivity index (χ0) is 19.6. The molecule has 27 heavy (non-hydrogen) atoms. The molecule has 1 aromatic carbocycles. The van der Waals surface area contributed by atoms with Gasteiger partial charge in [-0.3, -0.25) is 14.2 Å². The quantitative estimate of drug-likeness (QED) is 0.560. The maximum absolute atomic E-state index is 12.2. The zero-order valence-corrected chi connectivity index (χ0v) is 17.9. The molecule has 3 rings (SSSR count). The molecule has 9 heteroatoms. The van der Waals surface area contributed by atoms with Crippen LogP contribution in [0.5, 0.6) is 0 Å². The van der Waals surface area contributed by atoms with Crippen LogP contribution in [0.1, 0.15) is 23.4 Å². The third-order valence-electron chi connectivity index (χ3n) is 4.13. The third-order valence-corrected chi connectivity index (χ3v) is 5.99. The van der Waals surface area contributed by atoms with Gasteiger partial charge in [0.05, 0.1) is 23.3 Å². The molecule has 142 valence electrons. The first-order valence-corrected chi connectivity index (χ1v) is 9.85. The largest absolute Gasteiger partial charge is 0.309 e. The Morgan fingerprint density at radius 1 is 1.19 bits per heavy atom. The van der Waals surface area contributed by atoms with E-state index >= 15 is 0 Å². The van der Waals surface area contributed by atoms with Gasteiger partial charge in [-0.2, -0.15) is 10.2 Å². The minimum absolute atomic E-state index is 0.125. The van der Waals surface area contributed by atoms with Crippen LogP contribution < -0.4 is 5.32 Å². The van der Waals surface area contributed by atoms with Crippen LogP contribution in [0, 0.1) is 13.8 Å². The van der Waals surface area contributed by atoms with Crippen LogP contribution in [-0.4, -0.2) is 25.5 Å². The van der Waals surface area contributed by atoms with Crippen LogP contribution in [0.3, 0.4) is 0 Å². The number of nitrogens with zero attached hydrogens (tertiary/aromatic N) is 4. The Kier molecular flexibility index (Phi) is 6.24. The molecule has 2 aromatic heterocycles. The van der Waals surface area contributed by atoms with Gasteiger partial charge < -0.3 is 5.32 Å². The van der Waals surface area contributed by atoms with Gasteiger partial charge in [-0.15, -0.1) is 0 Å². The van der Waals surface area contributed by atoms with Crippen LogP contribution >= 0.6 is 39.1 Å². The summed E-state index contributed by atoms with van der Waals surface area (Å²) >= 11 is 15.9. The van der Waals surface area contributed by atoms with Crippen LogP contribution in [0.2, 0.25) is 10.0 Å². The Balaban J connectivity index is 1.58. The Labute approximate surface area is 175 Å². The van der Waals surface area contributed by atoms with Crippen molar-refractivity contribution in [3.8, 4) is 0 Å². The molecule has 3 aromatic rings. The molecular weight excluding hydrogens is 453 g/mol. The SMILES string of the molecule is Cc1nn(CCC(=O)Nc2ccn(Cc3c(Cl)cccc3Cl)n2)c(C)c1Br. The minimum Gasteiger partial charge on any atom is -0.309 e. The lowest BCUT2D eigenvalue weighted by atomic mass is 10.2. The van der Waals surface area contributed by atoms with E-state index in [4.69, 9.17) is 23.2 Å². The second kappa shape index (κ2) is 8.46. The van der Waals surface area contributed by atoms with Crippen LogP contribution in [-0.2, 0) is 17.9 Å². The number of hydrogen-bond acceptors (Lipinski definition) is 3. The van der Waals surface area contributed by atoms with Crippen LogP contribution in [0.25, 0.3) is 0 Å². The van der Waals surface area contributed by atoms with E-state index in [1.54, 1.807) is 35.1 Å². The Hall–Kier alpha value is -1.83. The van der Waals surface area contributed by atoms with Gasteiger partial charge >= 0.3 is 0 Å². The molecule has 0 atom stereocenters. The van der Waals surface area contributed by atoms with Gasteiger partial charge in [-0.25, -0.2) is 0 Å². The normalized spacial score (nSPS) is 11.0. The first kappa shape index (κ1) is 19.9. The van der Waals surface area contributed by atoms with E-state index in [2.05, 4.69) is 31.4 Å². The third kappa shape index (κ3) is 4.72. The van der Waals surface area contributed by atoms with E-state index in [-0.39, 0.29) is 5.91 Å². The molecule has 2 heterocycles. The number of carbonyl (C=O) groups excluding carboxylic acids is 1. The molecule has 0 bridgehead atoms. The Morgan fingerprint density at radius 2 is 1.89 bits per heavy atom. The van der Waals surface area contributed by atoms with Gasteiger partial charge in [-0.05, 0) is 41.9 Å². The van der Waals surface area contributed by atoms with E-state index in [1.807, 2.05) is 18.5 Å². The first-order valence-electron chi connectivity index (χ1n) is 8.31. The van der Waals surface area contributed by atoms with Crippen molar-refractivity contribution < 1.29 is 4.79 Å². The highest BCUT2D eigenvalue weighted by Gasteiger charge is 2.12. The lowest BCUT2D eigenvalue weighted by Gasteiger charge is -2.07. The van der Waals surface area contributed by atoms with Gasteiger partial charge in [-0.1, -0.05) is 29.3 Å². The van der Waals surface area contributed by atoms with Crippen molar-refractivity contribution >= 4 is 50.9 Å². The lowest BCUT2D eigenvalue weighted by Crippen LogP contribution is -2.16. The number of amides is 1. The molecule has 1 amide bonds. The monoisotopic (exact) mass is 469 g/mol. The van der Waals surface area contributed by atoms with Gasteiger partial charge in [0.1, 0.15) is 0 Å². The predicted octanol–water partition coefficient (Wildman–Crippen LogP) is 4.84. The zero-order valence-electron chi connectivity index (χ0n) is 14.8. The highest BCUT2D eigenvalue weighted by Crippen LogP contribution is 2.25. The molecule has 1 N–H and O–H groups in total. The van der Waals surface area contributed by atoms with Crippen molar-refractivity contribution in [2.45, 2.75) is 33.4 Å². The summed E-state index contributed by atoms with van der Waals surface area (Å²) in [4.78, 5) is 12.2. The van der Waals surface area contributed by atoms with E-state index in [0.29, 0.717) is 35.4 Å². The van der Waals surface area contributed by atoms with E-state index in [1.165, 1.54) is 0 Å². The van der Waals surface area contributed by atoms with Crippen molar-refractivity contribution in [1.29, 1.82) is 0 Å². The second-order valence-electron chi connectivity index (χ2n) is 6.10. The maximum Gasteiger partial charge on any atom is 0.227 e. The van der Waals surface area contributed by atoms with Crippen molar-refractivity contribution in [2.24, 2.45) is 0 Å². The van der Waals surface area contributed by atoms with E-state index in [0.717, 1.165) is 21.4 Å². The van der Waals surface area contributed by atoms with Gasteiger partial charge in [0, 0.05) is 40.0 Å². The van der Waals surface area contributed by atoms with Gasteiger partial charge in [0.15, 0.2) is 5.82 Å². The molecule has 0 aliphatic rings. The number of benzene rings is 1. The average molecular weight is 471 g/mol. The predicted molar refractivity (Wildman–Crippen MR) is 110 cm³/mol. The molecular formula is C18H18BrCl2N5O. The Bertz CT molecular complexity index is 962. The number of rotatable bonds is 6. The van der Waals surface area contributed by atoms with Crippen LogP contribution in [0.15, 0.2) is 34.9 Å². The summed E-state index contributed by atoms with van der Waals surface area (Å²) in [6.45, 7) is 4.81. The molecule has 0 saturated heterocycles. The van der Waals surface area contributed by atoms with E-state index in [9.17, 15) is 4.79 Å². The number of aryl methyl sites for hydroxylation is 2. The molecule has 6 nitrogen and oxygen atoms in total. The molecule has 0 saturated carbocycles. The van der Waals surface area contributed by atoms with Crippen LogP contribution in [0.4, 0.5) is 5.82 Å². The van der Waals surface area contributed by atoms with Gasteiger partial charge in [0.25, 0.3) is 0 Å². The second-order valence-corrected chi connectivity index (χ2v) is 7.71. The van der Waals surface area contributed by atoms with Crippen molar-refractivity contribution in [1.82, 2.24) is 19.6 Å². The fourth-order valence-corrected chi connectivity index (χ4v) is 3.47. The highest BCUT2D eigenvalue weighted by atomic mass is 79.9. The summed E-state index contributed by atoms with van der Waals surface area (Å²) in [5.41, 5.74) is 2.70. The number of halogens is 3. The smallest absolute Gasteiger partial charge is 0.227 e. The topological polar surface area (TPSA) is 64.7 Å². The summed E-state index contributed by atoms with van der Waals surface area (Å²) < 4.78 is 4.47. The molecule has 0 radical (unpaired) electrons. The summed E-state index contributed by atoms with van der Waals surface area (Å²) in [5.74, 6) is 0.359. The average Bonchev–Trinajstić information content (AvgIpc) is 3.16. The number of aromatic nitrogens is 4. The fraction of sp³-hybridized carbons (Fsp3) is 0.278. The van der Waals surface area contributed by atoms with Crippen molar-refractivity contribution in [3.05, 3.63) is 61.9 Å². The number of anilines is 1. The highest BCUT2D eigenvalue weighted by molar-refractivity contribution is 9.10. The lowest BCUT2D eigenvalue weighted by molar-refractivity contribution is -0.116. The maximum atomic E-state index is 12.2. The Morgan fingerprint density at radius 3 is 2.52 bits per heavy atom. The fourth-order valence-electron chi connectivity index (χ4n) is 2.67. The number of hydrogen-bond donors (Lipinski definition) is 1. The van der Waals surface area contributed by atoms with Crippen molar-refractivity contribution in [3.63, 3.8) is 0 Å². The summed E-state index contributed by atoms with van der Waals surface area (Å²) in [6.07, 6.45) is 2.07. The standard InChI is InChI=1S/C18H18BrCl2N5O/c1-11-18(19)12(2)26(23-11)9-7-17(27)22-16-6-8-25(24-16)10-13-14(20)4-3-5-15(13)21/h3-6,8H,7,9-10H2,1-2H3,(H,22,24,27).